The van der Waals surface area contributed by atoms with E-state index in [0.717, 1.165) is 57.8 Å². The summed E-state index contributed by atoms with van der Waals surface area (Å²) in [5.74, 6) is 1.70. The van der Waals surface area contributed by atoms with Gasteiger partial charge in [0.25, 0.3) is 0 Å². The molecule has 6 nitrogen and oxygen atoms in total. The fourth-order valence-corrected chi connectivity index (χ4v) is 4.52. The number of pyridine rings is 2. The first-order valence-electron chi connectivity index (χ1n) is 12.9. The smallest absolute Gasteiger partial charge is 0.163 e. The summed E-state index contributed by atoms with van der Waals surface area (Å²) in [6.07, 6.45) is 7.31. The summed E-state index contributed by atoms with van der Waals surface area (Å²) in [6, 6.07) is 6.08. The molecule has 0 unspecified atom stereocenters. The molecule has 0 aliphatic carbocycles. The Bertz CT molecular complexity index is 1410. The van der Waals surface area contributed by atoms with E-state index in [1.807, 2.05) is 24.5 Å². The lowest BCUT2D eigenvalue weighted by atomic mass is 9.75. The van der Waals surface area contributed by atoms with E-state index < -0.39 is 0 Å². The summed E-state index contributed by atoms with van der Waals surface area (Å²) < 4.78 is 0. The van der Waals surface area contributed by atoms with Gasteiger partial charge in [-0.1, -0.05) is 69.2 Å². The Hall–Kier alpha value is -3.02. The normalized spacial score (nSPS) is 13.5. The third-order valence-corrected chi connectivity index (χ3v) is 6.97. The molecule has 36 heavy (non-hydrogen) atoms. The molecule has 0 spiro atoms. The van der Waals surface area contributed by atoms with Gasteiger partial charge >= 0.3 is 0 Å². The summed E-state index contributed by atoms with van der Waals surface area (Å²) in [5, 5.41) is 2.10. The Morgan fingerprint density at radius 3 is 1.94 bits per heavy atom. The van der Waals surface area contributed by atoms with E-state index in [4.69, 9.17) is 19.9 Å². The van der Waals surface area contributed by atoms with Crippen LogP contribution in [0.25, 0.3) is 21.9 Å². The van der Waals surface area contributed by atoms with Gasteiger partial charge in [-0.2, -0.15) is 0 Å². The average molecular weight is 485 g/mol. The molecular formula is C30H40N6. The third-order valence-electron chi connectivity index (χ3n) is 6.97. The maximum absolute atomic E-state index is 5.14. The zero-order chi connectivity index (χ0) is 26.5. The van der Waals surface area contributed by atoms with Crippen molar-refractivity contribution in [3.63, 3.8) is 0 Å². The van der Waals surface area contributed by atoms with Gasteiger partial charge in [-0.05, 0) is 31.0 Å². The number of rotatable bonds is 5. The maximum Gasteiger partial charge on any atom is 0.163 e. The lowest BCUT2D eigenvalue weighted by Gasteiger charge is -2.32. The van der Waals surface area contributed by atoms with Crippen molar-refractivity contribution in [2.24, 2.45) is 0 Å². The Morgan fingerprint density at radius 1 is 0.611 bits per heavy atom. The van der Waals surface area contributed by atoms with Crippen molar-refractivity contribution in [3.05, 3.63) is 59.8 Å². The highest BCUT2D eigenvalue weighted by molar-refractivity contribution is 5.81. The van der Waals surface area contributed by atoms with Gasteiger partial charge in [-0.15, -0.1) is 0 Å². The van der Waals surface area contributed by atoms with Crippen LogP contribution in [0.5, 0.6) is 0 Å². The largest absolute Gasteiger partial charge is 0.262 e. The minimum Gasteiger partial charge on any atom is -0.262 e. The number of hydrogen-bond donors (Lipinski definition) is 0. The lowest BCUT2D eigenvalue weighted by Crippen LogP contribution is -2.29. The molecule has 0 atom stereocenters. The molecule has 0 saturated carbocycles. The molecule has 0 aliphatic rings. The number of aromatic nitrogens is 6. The van der Waals surface area contributed by atoms with Crippen molar-refractivity contribution in [2.75, 3.05) is 0 Å². The number of nitrogens with zero attached hydrogens (tertiary/aromatic N) is 6. The van der Waals surface area contributed by atoms with Crippen LogP contribution in [0.1, 0.15) is 105 Å². The van der Waals surface area contributed by atoms with E-state index in [9.17, 15) is 0 Å². The van der Waals surface area contributed by atoms with Crippen LogP contribution in [0, 0.1) is 0 Å². The molecule has 0 radical (unpaired) electrons. The fourth-order valence-electron chi connectivity index (χ4n) is 4.52. The highest BCUT2D eigenvalue weighted by atomic mass is 15.0. The third kappa shape index (κ3) is 5.09. The van der Waals surface area contributed by atoms with Gasteiger partial charge in [-0.3, -0.25) is 4.98 Å². The zero-order valence-electron chi connectivity index (χ0n) is 23.6. The van der Waals surface area contributed by atoms with Crippen molar-refractivity contribution in [2.45, 2.75) is 104 Å². The molecule has 0 fully saturated rings. The van der Waals surface area contributed by atoms with Crippen LogP contribution in [0.4, 0.5) is 0 Å². The number of hydrogen-bond acceptors (Lipinski definition) is 6. The Kier molecular flexibility index (Phi) is 6.39. The second-order valence-corrected chi connectivity index (χ2v) is 13.3. The molecule has 0 amide bonds. The van der Waals surface area contributed by atoms with Crippen LogP contribution in [0.3, 0.4) is 0 Å². The van der Waals surface area contributed by atoms with Crippen LogP contribution in [-0.4, -0.2) is 29.9 Å². The SMILES string of the molecule is CC(C)(C)c1nc(C(C)(C)CCC(C)(C)c2nc(C(C)(C)C)c3ccncc3n2)c2cccnc2n1. The van der Waals surface area contributed by atoms with Gasteiger partial charge in [0.05, 0.1) is 23.1 Å². The molecule has 190 valence electrons. The van der Waals surface area contributed by atoms with Crippen molar-refractivity contribution in [3.8, 4) is 0 Å². The maximum atomic E-state index is 5.14. The minimum atomic E-state index is -0.227. The van der Waals surface area contributed by atoms with Crippen molar-refractivity contribution in [1.82, 2.24) is 29.9 Å². The quantitative estimate of drug-likeness (QED) is 0.304. The molecule has 0 bridgehead atoms. The van der Waals surface area contributed by atoms with E-state index in [1.54, 1.807) is 6.20 Å². The molecule has 0 saturated heterocycles. The Labute approximate surface area is 215 Å². The van der Waals surface area contributed by atoms with Crippen molar-refractivity contribution < 1.29 is 0 Å². The Morgan fingerprint density at radius 2 is 1.28 bits per heavy atom. The molecule has 0 aromatic carbocycles. The average Bonchev–Trinajstić information content (AvgIpc) is 2.80. The second-order valence-electron chi connectivity index (χ2n) is 13.3. The van der Waals surface area contributed by atoms with Crippen LogP contribution in [-0.2, 0) is 21.7 Å². The molecule has 4 heterocycles. The molecular weight excluding hydrogens is 444 g/mol. The summed E-state index contributed by atoms with van der Waals surface area (Å²) in [5.41, 5.74) is 3.12. The van der Waals surface area contributed by atoms with E-state index in [0.29, 0.717) is 0 Å². The van der Waals surface area contributed by atoms with Gasteiger partial charge in [0.2, 0.25) is 0 Å². The van der Waals surface area contributed by atoms with Crippen molar-refractivity contribution in [1.29, 1.82) is 0 Å². The predicted molar refractivity (Wildman–Crippen MR) is 147 cm³/mol. The summed E-state index contributed by atoms with van der Waals surface area (Å²) in [4.78, 5) is 28.9. The van der Waals surface area contributed by atoms with Crippen LogP contribution < -0.4 is 0 Å². The first-order chi connectivity index (χ1) is 16.6. The molecule has 4 rings (SSSR count). The van der Waals surface area contributed by atoms with E-state index in [2.05, 4.69) is 85.3 Å². The Balaban J connectivity index is 1.72. The van der Waals surface area contributed by atoms with Crippen LogP contribution >= 0.6 is 0 Å². The first kappa shape index (κ1) is 26.1. The lowest BCUT2D eigenvalue weighted by molar-refractivity contribution is 0.356. The van der Waals surface area contributed by atoms with Gasteiger partial charge < -0.3 is 0 Å². The molecule has 0 aliphatic heterocycles. The van der Waals surface area contributed by atoms with Gasteiger partial charge in [-0.25, -0.2) is 24.9 Å². The first-order valence-corrected chi connectivity index (χ1v) is 12.9. The highest BCUT2D eigenvalue weighted by Gasteiger charge is 2.34. The second kappa shape index (κ2) is 8.82. The summed E-state index contributed by atoms with van der Waals surface area (Å²) >= 11 is 0. The summed E-state index contributed by atoms with van der Waals surface area (Å²) in [7, 11) is 0. The van der Waals surface area contributed by atoms with Crippen LogP contribution in [0.15, 0.2) is 36.8 Å². The van der Waals surface area contributed by atoms with Gasteiger partial charge in [0.15, 0.2) is 5.65 Å². The summed E-state index contributed by atoms with van der Waals surface area (Å²) in [6.45, 7) is 22.1. The molecule has 0 N–H and O–H groups in total. The van der Waals surface area contributed by atoms with Crippen LogP contribution in [0.2, 0.25) is 0 Å². The van der Waals surface area contributed by atoms with E-state index >= 15 is 0 Å². The standard InChI is InChI=1S/C30H40N6/c1-27(2,3)22-19-13-17-31-18-21(19)33-26(34-22)30(9,10)15-14-29(7,8)23-20-12-11-16-32-24(20)36-25(35-23)28(4,5)6/h11-13,16-18H,14-15H2,1-10H3. The van der Waals surface area contributed by atoms with Gasteiger partial charge in [0, 0.05) is 44.8 Å². The van der Waals surface area contributed by atoms with E-state index in [1.165, 1.54) is 0 Å². The monoisotopic (exact) mass is 484 g/mol. The molecule has 4 aromatic heterocycles. The van der Waals surface area contributed by atoms with Gasteiger partial charge in [0.1, 0.15) is 11.6 Å². The molecule has 4 aromatic rings. The van der Waals surface area contributed by atoms with E-state index in [-0.39, 0.29) is 21.7 Å². The topological polar surface area (TPSA) is 77.3 Å². The fraction of sp³-hybridized carbons (Fsp3) is 0.533. The zero-order valence-corrected chi connectivity index (χ0v) is 23.6. The number of fused-ring (bicyclic) bond motifs is 2. The van der Waals surface area contributed by atoms with Crippen molar-refractivity contribution >= 4 is 21.9 Å². The predicted octanol–water partition coefficient (Wildman–Crippen LogP) is 6.99. The highest BCUT2D eigenvalue weighted by Crippen LogP contribution is 2.38. The molecule has 6 heteroatoms. The minimum absolute atomic E-state index is 0.0944.